The van der Waals surface area contributed by atoms with Gasteiger partial charge >= 0.3 is 11.9 Å². The standard InChI is InChI=1S/C29H34O10/c1-14(30)36-13-28-17(11-18(32)38-28)37-23-21(28)27(5)22(34)19(33)20-25(2,3)29(23,12-16(31)26(20,27)4)39-24(35)15-9-7-6-8-10-15/h6-10,16-18,20-21,23,31-32H,11-13H2,1-5H3/t16-,17+,18?,20+,21-,23-,26+,27-,28-,29+/m0/s1. The van der Waals surface area contributed by atoms with E-state index in [0.29, 0.717) is 0 Å². The van der Waals surface area contributed by atoms with Crippen molar-refractivity contribution in [1.29, 1.82) is 0 Å². The van der Waals surface area contributed by atoms with Gasteiger partial charge in [-0.2, -0.15) is 0 Å². The van der Waals surface area contributed by atoms with Crippen LogP contribution in [0.5, 0.6) is 0 Å². The molecule has 10 atom stereocenters. The molecule has 2 aliphatic heterocycles. The molecule has 0 amide bonds. The van der Waals surface area contributed by atoms with Gasteiger partial charge in [-0.25, -0.2) is 4.79 Å². The number of fused-ring (bicyclic) bond motifs is 2. The first-order chi connectivity index (χ1) is 18.2. The summed E-state index contributed by atoms with van der Waals surface area (Å²) in [5.41, 5.74) is -6.80. The van der Waals surface area contributed by atoms with E-state index in [4.69, 9.17) is 18.9 Å². The first-order valence-corrected chi connectivity index (χ1v) is 13.4. The van der Waals surface area contributed by atoms with Crippen LogP contribution in [0.4, 0.5) is 0 Å². The molecule has 0 aromatic heterocycles. The average Bonchev–Trinajstić information content (AvgIpc) is 3.38. The molecule has 2 saturated heterocycles. The third-order valence-corrected chi connectivity index (χ3v) is 11.0. The molecule has 1 aromatic carbocycles. The first-order valence-electron chi connectivity index (χ1n) is 13.4. The molecular formula is C29H34O10. The van der Waals surface area contributed by atoms with Crippen LogP contribution in [0.1, 0.15) is 57.8 Å². The van der Waals surface area contributed by atoms with Crippen LogP contribution < -0.4 is 0 Å². The number of carbonyl (C=O) groups excluding carboxylic acids is 4. The molecule has 6 fully saturated rings. The molecule has 4 saturated carbocycles. The minimum Gasteiger partial charge on any atom is -0.463 e. The van der Waals surface area contributed by atoms with Crippen molar-refractivity contribution in [2.75, 3.05) is 6.61 Å². The van der Waals surface area contributed by atoms with Gasteiger partial charge in [-0.15, -0.1) is 0 Å². The molecule has 10 heteroatoms. The van der Waals surface area contributed by atoms with E-state index >= 15 is 0 Å². The van der Waals surface area contributed by atoms with Crippen molar-refractivity contribution in [3.05, 3.63) is 35.9 Å². The molecule has 4 bridgehead atoms. The Labute approximate surface area is 225 Å². The zero-order chi connectivity index (χ0) is 28.3. The number of rotatable bonds is 4. The molecule has 1 aromatic rings. The molecule has 1 unspecified atom stereocenters. The van der Waals surface area contributed by atoms with E-state index in [1.165, 1.54) is 6.92 Å². The molecule has 0 radical (unpaired) electrons. The summed E-state index contributed by atoms with van der Waals surface area (Å²) in [6.07, 6.45) is -4.39. The lowest BCUT2D eigenvalue weighted by Crippen LogP contribution is -2.68. The highest BCUT2D eigenvalue weighted by Crippen LogP contribution is 2.77. The zero-order valence-electron chi connectivity index (χ0n) is 22.6. The predicted molar refractivity (Wildman–Crippen MR) is 132 cm³/mol. The summed E-state index contributed by atoms with van der Waals surface area (Å²) in [4.78, 5) is 53.6. The van der Waals surface area contributed by atoms with Crippen LogP contribution in [0, 0.1) is 28.1 Å². The Balaban J connectivity index is 1.62. The van der Waals surface area contributed by atoms with E-state index in [1.807, 2.05) is 0 Å². The highest BCUT2D eigenvalue weighted by atomic mass is 16.7. The normalized spacial score (nSPS) is 46.9. The number of hydrogen-bond acceptors (Lipinski definition) is 10. The maximum absolute atomic E-state index is 14.1. The second-order valence-corrected chi connectivity index (χ2v) is 12.8. The van der Waals surface area contributed by atoms with Gasteiger partial charge in [0.15, 0.2) is 6.29 Å². The lowest BCUT2D eigenvalue weighted by Gasteiger charge is -2.59. The molecule has 10 nitrogen and oxygen atoms in total. The number of ether oxygens (including phenoxy) is 4. The van der Waals surface area contributed by atoms with Crippen molar-refractivity contribution in [2.45, 2.75) is 83.3 Å². The third-order valence-electron chi connectivity index (χ3n) is 11.0. The lowest BCUT2D eigenvalue weighted by molar-refractivity contribution is -0.236. The van der Waals surface area contributed by atoms with Gasteiger partial charge in [0.05, 0.1) is 23.2 Å². The smallest absolute Gasteiger partial charge is 0.338 e. The number of aliphatic hydroxyl groups excluding tert-OH is 2. The molecule has 4 aliphatic carbocycles. The number of ketones is 2. The fourth-order valence-corrected chi connectivity index (χ4v) is 9.13. The number of carbonyl (C=O) groups is 4. The maximum atomic E-state index is 14.1. The van der Waals surface area contributed by atoms with Crippen LogP contribution >= 0.6 is 0 Å². The summed E-state index contributed by atoms with van der Waals surface area (Å²) in [7, 11) is 0. The quantitative estimate of drug-likeness (QED) is 0.425. The van der Waals surface area contributed by atoms with Gasteiger partial charge < -0.3 is 29.2 Å². The first kappa shape index (κ1) is 26.6. The zero-order valence-corrected chi connectivity index (χ0v) is 22.6. The SMILES string of the molecule is CC(=O)OC[C@]12OC(O)C[C@H]1O[C@H]1[C@H]2[C@@]2(C)C(=O)C(=O)[C@@H]3C(C)(C)[C@@]1(OC(=O)c1ccccc1)C[C@H](O)[C@]32C. The average molecular weight is 543 g/mol. The van der Waals surface area contributed by atoms with E-state index in [9.17, 15) is 29.4 Å². The van der Waals surface area contributed by atoms with E-state index in [2.05, 4.69) is 0 Å². The van der Waals surface area contributed by atoms with Crippen LogP contribution in [0.2, 0.25) is 0 Å². The van der Waals surface area contributed by atoms with E-state index < -0.39 is 87.4 Å². The van der Waals surface area contributed by atoms with Crippen LogP contribution in [0.15, 0.2) is 30.3 Å². The highest BCUT2D eigenvalue weighted by Gasteiger charge is 2.89. The van der Waals surface area contributed by atoms with Crippen molar-refractivity contribution >= 4 is 23.5 Å². The van der Waals surface area contributed by atoms with Gasteiger partial charge in [0.25, 0.3) is 0 Å². The number of Topliss-reactive ketones (excluding diaryl/α,β-unsaturated/α-hetero) is 2. The number of benzene rings is 1. The topological polar surface area (TPSA) is 146 Å². The van der Waals surface area contributed by atoms with Gasteiger partial charge in [-0.3, -0.25) is 14.4 Å². The molecular weight excluding hydrogens is 508 g/mol. The molecule has 0 spiro atoms. The Hall–Kier alpha value is -2.66. The second-order valence-electron chi connectivity index (χ2n) is 12.8. The van der Waals surface area contributed by atoms with E-state index in [1.54, 1.807) is 58.0 Å². The van der Waals surface area contributed by atoms with Crippen molar-refractivity contribution in [3.63, 3.8) is 0 Å². The molecule has 2 heterocycles. The Bertz CT molecular complexity index is 1280. The van der Waals surface area contributed by atoms with Gasteiger partial charge in [0.2, 0.25) is 11.6 Å². The van der Waals surface area contributed by atoms with Gasteiger partial charge in [-0.05, 0) is 12.1 Å². The number of hydrogen-bond donors (Lipinski definition) is 2. The summed E-state index contributed by atoms with van der Waals surface area (Å²) < 4.78 is 24.6. The van der Waals surface area contributed by atoms with Gasteiger partial charge in [0, 0.05) is 42.4 Å². The Morgan fingerprint density at radius 2 is 1.74 bits per heavy atom. The van der Waals surface area contributed by atoms with Crippen molar-refractivity contribution in [3.8, 4) is 0 Å². The lowest BCUT2D eigenvalue weighted by atomic mass is 9.48. The van der Waals surface area contributed by atoms with Crippen molar-refractivity contribution < 1.29 is 48.3 Å². The molecule has 6 aliphatic rings. The fraction of sp³-hybridized carbons (Fsp3) is 0.655. The predicted octanol–water partition coefficient (Wildman–Crippen LogP) is 1.59. The van der Waals surface area contributed by atoms with Crippen molar-refractivity contribution in [2.24, 2.45) is 28.1 Å². The molecule has 7 rings (SSSR count). The van der Waals surface area contributed by atoms with Crippen molar-refractivity contribution in [1.82, 2.24) is 0 Å². The summed E-state index contributed by atoms with van der Waals surface area (Å²) in [6, 6.07) is 8.39. The maximum Gasteiger partial charge on any atom is 0.338 e. The largest absolute Gasteiger partial charge is 0.463 e. The minimum absolute atomic E-state index is 0.0261. The van der Waals surface area contributed by atoms with Gasteiger partial charge in [-0.1, -0.05) is 45.9 Å². The van der Waals surface area contributed by atoms with Crippen LogP contribution in [-0.2, 0) is 33.3 Å². The minimum atomic E-state index is -1.57. The van der Waals surface area contributed by atoms with E-state index in [0.717, 1.165) is 0 Å². The monoisotopic (exact) mass is 542 g/mol. The summed E-state index contributed by atoms with van der Waals surface area (Å²) in [5, 5.41) is 22.4. The highest BCUT2D eigenvalue weighted by molar-refractivity contribution is 6.43. The molecule has 39 heavy (non-hydrogen) atoms. The third kappa shape index (κ3) is 2.90. The number of aliphatic hydroxyl groups is 2. The van der Waals surface area contributed by atoms with Gasteiger partial charge in [0.1, 0.15) is 23.9 Å². The fourth-order valence-electron chi connectivity index (χ4n) is 9.13. The Morgan fingerprint density at radius 3 is 2.38 bits per heavy atom. The van der Waals surface area contributed by atoms with Crippen LogP contribution in [0.3, 0.4) is 0 Å². The Morgan fingerprint density at radius 1 is 1.08 bits per heavy atom. The summed E-state index contributed by atoms with van der Waals surface area (Å²) >= 11 is 0. The van der Waals surface area contributed by atoms with Crippen LogP contribution in [-0.4, -0.2) is 76.1 Å². The summed E-state index contributed by atoms with van der Waals surface area (Å²) in [5.74, 6) is -4.57. The Kier molecular flexibility index (Phi) is 5.42. The molecule has 210 valence electrons. The van der Waals surface area contributed by atoms with E-state index in [-0.39, 0.29) is 25.0 Å². The summed E-state index contributed by atoms with van der Waals surface area (Å²) in [6.45, 7) is 7.83. The second kappa shape index (κ2) is 7.96. The number of esters is 2. The van der Waals surface area contributed by atoms with Crippen LogP contribution in [0.25, 0.3) is 0 Å². The molecule has 2 N–H and O–H groups in total.